The summed E-state index contributed by atoms with van der Waals surface area (Å²) in [4.78, 5) is 2.42. The Morgan fingerprint density at radius 1 is 1.38 bits per heavy atom. The van der Waals surface area contributed by atoms with Gasteiger partial charge >= 0.3 is 0 Å². The Hall–Kier alpha value is -0.0800. The van der Waals surface area contributed by atoms with Gasteiger partial charge in [0.25, 0.3) is 0 Å². The highest BCUT2D eigenvalue weighted by Gasteiger charge is 2.29. The van der Waals surface area contributed by atoms with Crippen LogP contribution in [0.5, 0.6) is 0 Å². The third-order valence-corrected chi connectivity index (χ3v) is 1.86. The molecule has 0 N–H and O–H groups in total. The Labute approximate surface area is 49.9 Å². The fraction of sp³-hybridized carbons (Fsp3) is 1.00. The van der Waals surface area contributed by atoms with Crippen molar-refractivity contribution >= 4 is 0 Å². The molecule has 45 valence electrons. The quantitative estimate of drug-likeness (QED) is 0.436. The molecule has 2 aliphatic heterocycles. The van der Waals surface area contributed by atoms with Crippen molar-refractivity contribution in [3.8, 4) is 0 Å². The zero-order chi connectivity index (χ0) is 5.40. The lowest BCUT2D eigenvalue weighted by molar-refractivity contribution is 0.367. The molecule has 0 aliphatic carbocycles. The first-order valence-corrected chi connectivity index (χ1v) is 3.37. The molecular weight excluding hydrogens is 100 g/mol. The summed E-state index contributed by atoms with van der Waals surface area (Å²) in [6.07, 6.45) is 3.27. The van der Waals surface area contributed by atoms with Crippen LogP contribution in [0.1, 0.15) is 12.8 Å². The van der Waals surface area contributed by atoms with Gasteiger partial charge in [0, 0.05) is 19.6 Å². The zero-order valence-corrected chi connectivity index (χ0v) is 5.01. The van der Waals surface area contributed by atoms with Crippen LogP contribution in [0.2, 0.25) is 0 Å². The summed E-state index contributed by atoms with van der Waals surface area (Å²) in [5.41, 5.74) is 0. The van der Waals surface area contributed by atoms with E-state index >= 15 is 0 Å². The maximum Gasteiger partial charge on any atom is 0.0762 e. The van der Waals surface area contributed by atoms with Crippen LogP contribution < -0.4 is 5.32 Å². The van der Waals surface area contributed by atoms with E-state index < -0.39 is 0 Å². The molecule has 0 aromatic rings. The molecule has 2 heterocycles. The number of hydrogen-bond acceptors (Lipinski definition) is 1. The molecule has 8 heavy (non-hydrogen) atoms. The van der Waals surface area contributed by atoms with E-state index in [1.807, 2.05) is 0 Å². The highest BCUT2D eigenvalue weighted by Crippen LogP contribution is 2.17. The molecule has 1 radical (unpaired) electrons. The Bertz CT molecular complexity index is 82.5. The summed E-state index contributed by atoms with van der Waals surface area (Å²) < 4.78 is 0. The zero-order valence-electron chi connectivity index (χ0n) is 5.01. The molecule has 1 atom stereocenters. The third kappa shape index (κ3) is 0.740. The van der Waals surface area contributed by atoms with E-state index in [0.717, 1.165) is 6.54 Å². The standard InChI is InChI=1S/C6H11N2/c1-2-6(7-3-1)8-4-5-8/h6H,1-5H2. The second-order valence-corrected chi connectivity index (χ2v) is 2.56. The van der Waals surface area contributed by atoms with Crippen LogP contribution in [0, 0.1) is 0 Å². The number of hydrogen-bond donors (Lipinski definition) is 0. The highest BCUT2D eigenvalue weighted by atomic mass is 15.4. The van der Waals surface area contributed by atoms with Crippen molar-refractivity contribution in [3.63, 3.8) is 0 Å². The average Bonchev–Trinajstić information content (AvgIpc) is 2.49. The van der Waals surface area contributed by atoms with Crippen LogP contribution in [0.15, 0.2) is 0 Å². The van der Waals surface area contributed by atoms with E-state index in [0.29, 0.717) is 6.17 Å². The van der Waals surface area contributed by atoms with Crippen molar-refractivity contribution in [2.45, 2.75) is 19.0 Å². The van der Waals surface area contributed by atoms with Gasteiger partial charge in [0.1, 0.15) is 0 Å². The summed E-state index contributed by atoms with van der Waals surface area (Å²) in [5, 5.41) is 4.42. The smallest absolute Gasteiger partial charge is 0.0762 e. The highest BCUT2D eigenvalue weighted by molar-refractivity contribution is 4.83. The molecule has 0 aromatic heterocycles. The van der Waals surface area contributed by atoms with Crippen LogP contribution >= 0.6 is 0 Å². The molecule has 0 aromatic carbocycles. The topological polar surface area (TPSA) is 17.1 Å². The summed E-state index contributed by atoms with van der Waals surface area (Å²) in [6.45, 7) is 3.71. The first kappa shape index (κ1) is 4.77. The fourth-order valence-corrected chi connectivity index (χ4v) is 1.26. The van der Waals surface area contributed by atoms with Gasteiger partial charge in [0.05, 0.1) is 6.17 Å². The molecule has 0 spiro atoms. The predicted molar refractivity (Wildman–Crippen MR) is 31.6 cm³/mol. The predicted octanol–water partition coefficient (Wildman–Crippen LogP) is 0.0263. The Morgan fingerprint density at radius 2 is 2.25 bits per heavy atom. The third-order valence-electron chi connectivity index (χ3n) is 1.86. The van der Waals surface area contributed by atoms with E-state index in [2.05, 4.69) is 10.2 Å². The maximum absolute atomic E-state index is 4.42. The van der Waals surface area contributed by atoms with Crippen LogP contribution in [-0.4, -0.2) is 30.7 Å². The van der Waals surface area contributed by atoms with Gasteiger partial charge < -0.3 is 0 Å². The van der Waals surface area contributed by atoms with Gasteiger partial charge in [-0.2, -0.15) is 0 Å². The first-order valence-electron chi connectivity index (χ1n) is 3.37. The molecule has 2 saturated heterocycles. The van der Waals surface area contributed by atoms with E-state index in [-0.39, 0.29) is 0 Å². The molecular formula is C6H11N2. The van der Waals surface area contributed by atoms with Crippen LogP contribution in [-0.2, 0) is 0 Å². The fourth-order valence-electron chi connectivity index (χ4n) is 1.26. The lowest BCUT2D eigenvalue weighted by atomic mass is 10.3. The molecule has 0 bridgehead atoms. The minimum atomic E-state index is 0.634. The van der Waals surface area contributed by atoms with Gasteiger partial charge in [-0.15, -0.1) is 0 Å². The second kappa shape index (κ2) is 1.71. The molecule has 0 saturated carbocycles. The number of rotatable bonds is 1. The Balaban J connectivity index is 1.86. The van der Waals surface area contributed by atoms with Crippen molar-refractivity contribution in [1.29, 1.82) is 0 Å². The first-order chi connectivity index (χ1) is 3.97. The maximum atomic E-state index is 4.42. The van der Waals surface area contributed by atoms with Crippen LogP contribution in [0.4, 0.5) is 0 Å². The molecule has 2 heteroatoms. The van der Waals surface area contributed by atoms with Gasteiger partial charge in [-0.3, -0.25) is 4.90 Å². The van der Waals surface area contributed by atoms with Crippen molar-refractivity contribution in [3.05, 3.63) is 0 Å². The summed E-state index contributed by atoms with van der Waals surface area (Å²) in [7, 11) is 0. The van der Waals surface area contributed by atoms with Crippen molar-refractivity contribution in [2.75, 3.05) is 19.6 Å². The van der Waals surface area contributed by atoms with E-state index in [1.54, 1.807) is 0 Å². The van der Waals surface area contributed by atoms with Gasteiger partial charge in [-0.05, 0) is 12.8 Å². The van der Waals surface area contributed by atoms with E-state index in [4.69, 9.17) is 0 Å². The van der Waals surface area contributed by atoms with E-state index in [9.17, 15) is 0 Å². The Morgan fingerprint density at radius 3 is 2.75 bits per heavy atom. The van der Waals surface area contributed by atoms with Crippen LogP contribution in [0.25, 0.3) is 0 Å². The summed E-state index contributed by atoms with van der Waals surface area (Å²) >= 11 is 0. The van der Waals surface area contributed by atoms with Gasteiger partial charge in [-0.25, -0.2) is 5.32 Å². The second-order valence-electron chi connectivity index (χ2n) is 2.56. The van der Waals surface area contributed by atoms with Crippen molar-refractivity contribution < 1.29 is 0 Å². The molecule has 2 fully saturated rings. The summed E-state index contributed by atoms with van der Waals surface area (Å²) in [5.74, 6) is 0. The lowest BCUT2D eigenvalue weighted by Crippen LogP contribution is -2.23. The van der Waals surface area contributed by atoms with E-state index in [1.165, 1.54) is 25.9 Å². The van der Waals surface area contributed by atoms with Gasteiger partial charge in [0.2, 0.25) is 0 Å². The van der Waals surface area contributed by atoms with Gasteiger partial charge in [0.15, 0.2) is 0 Å². The molecule has 0 amide bonds. The number of nitrogens with zero attached hydrogens (tertiary/aromatic N) is 2. The molecule has 2 rings (SSSR count). The molecule has 1 unspecified atom stereocenters. The lowest BCUT2D eigenvalue weighted by Gasteiger charge is -2.06. The average molecular weight is 111 g/mol. The Kier molecular flexibility index (Phi) is 1.02. The molecule has 2 aliphatic rings. The van der Waals surface area contributed by atoms with Crippen LogP contribution in [0.3, 0.4) is 0 Å². The largest absolute Gasteiger partial charge is 0.284 e. The monoisotopic (exact) mass is 111 g/mol. The summed E-state index contributed by atoms with van der Waals surface area (Å²) in [6, 6.07) is 0. The minimum Gasteiger partial charge on any atom is -0.284 e. The minimum absolute atomic E-state index is 0.634. The normalized spacial score (nSPS) is 38.2. The molecule has 2 nitrogen and oxygen atoms in total. The van der Waals surface area contributed by atoms with Crippen molar-refractivity contribution in [2.24, 2.45) is 0 Å². The SMILES string of the molecule is C1C[N]C(N2CC2)C1. The van der Waals surface area contributed by atoms with Crippen molar-refractivity contribution in [1.82, 2.24) is 10.2 Å². The van der Waals surface area contributed by atoms with Gasteiger partial charge in [-0.1, -0.05) is 0 Å².